The lowest BCUT2D eigenvalue weighted by molar-refractivity contribution is 0.781. The highest BCUT2D eigenvalue weighted by atomic mass is 35.5. The Morgan fingerprint density at radius 2 is 2.00 bits per heavy atom. The number of aryl methyl sites for hydroxylation is 1. The van der Waals surface area contributed by atoms with Crippen molar-refractivity contribution in [2.75, 3.05) is 17.7 Å². The Labute approximate surface area is 137 Å². The number of fused-ring (bicyclic) bond motifs is 1. The number of nitrogen functional groups attached to an aromatic ring is 1. The van der Waals surface area contributed by atoms with Crippen molar-refractivity contribution in [1.29, 1.82) is 0 Å². The summed E-state index contributed by atoms with van der Waals surface area (Å²) in [6, 6.07) is 5.51. The Bertz CT molecular complexity index is 845. The number of hydrogen-bond acceptors (Lipinski definition) is 5. The van der Waals surface area contributed by atoms with E-state index in [2.05, 4.69) is 15.1 Å². The maximum Gasteiger partial charge on any atom is 0.229 e. The van der Waals surface area contributed by atoms with Crippen molar-refractivity contribution in [1.82, 2.24) is 19.7 Å². The van der Waals surface area contributed by atoms with Gasteiger partial charge < -0.3 is 10.6 Å². The summed E-state index contributed by atoms with van der Waals surface area (Å²) in [6.07, 6.45) is 1.66. The Balaban J connectivity index is 1.92. The SMILES string of the molecule is CN(Cc1ccc(Cl)c(Cl)c1)c1nc(N)c2cnn(C)c2n1. The number of benzene rings is 1. The van der Waals surface area contributed by atoms with Gasteiger partial charge in [0.25, 0.3) is 0 Å². The van der Waals surface area contributed by atoms with E-state index in [-0.39, 0.29) is 0 Å². The van der Waals surface area contributed by atoms with Crippen molar-refractivity contribution in [3.63, 3.8) is 0 Å². The minimum Gasteiger partial charge on any atom is -0.383 e. The molecule has 0 aliphatic carbocycles. The van der Waals surface area contributed by atoms with Crippen LogP contribution in [0.5, 0.6) is 0 Å². The first-order chi connectivity index (χ1) is 10.5. The number of anilines is 2. The largest absolute Gasteiger partial charge is 0.383 e. The van der Waals surface area contributed by atoms with E-state index in [0.29, 0.717) is 34.0 Å². The molecule has 114 valence electrons. The van der Waals surface area contributed by atoms with Crippen LogP contribution in [0.1, 0.15) is 5.56 Å². The lowest BCUT2D eigenvalue weighted by Gasteiger charge is -2.18. The molecule has 0 aliphatic rings. The molecule has 0 fully saturated rings. The van der Waals surface area contributed by atoms with Crippen molar-refractivity contribution in [2.45, 2.75) is 6.54 Å². The minimum absolute atomic E-state index is 0.411. The fourth-order valence-electron chi connectivity index (χ4n) is 2.19. The number of rotatable bonds is 3. The molecule has 0 aliphatic heterocycles. The molecule has 2 aromatic heterocycles. The van der Waals surface area contributed by atoms with E-state index in [9.17, 15) is 0 Å². The molecule has 8 heteroatoms. The third-order valence-corrected chi connectivity index (χ3v) is 4.09. The summed E-state index contributed by atoms with van der Waals surface area (Å²) < 4.78 is 1.67. The zero-order chi connectivity index (χ0) is 15.9. The van der Waals surface area contributed by atoms with Gasteiger partial charge in [-0.15, -0.1) is 0 Å². The summed E-state index contributed by atoms with van der Waals surface area (Å²) in [5.74, 6) is 0.939. The first-order valence-corrected chi connectivity index (χ1v) is 7.31. The highest BCUT2D eigenvalue weighted by molar-refractivity contribution is 6.42. The molecule has 0 unspecified atom stereocenters. The molecule has 0 saturated carbocycles. The van der Waals surface area contributed by atoms with Crippen molar-refractivity contribution in [3.05, 3.63) is 40.0 Å². The number of nitrogens with zero attached hydrogens (tertiary/aromatic N) is 5. The molecule has 2 N–H and O–H groups in total. The summed E-state index contributed by atoms with van der Waals surface area (Å²) in [6.45, 7) is 0.583. The highest BCUT2D eigenvalue weighted by Crippen LogP contribution is 2.25. The highest BCUT2D eigenvalue weighted by Gasteiger charge is 2.13. The summed E-state index contributed by atoms with van der Waals surface area (Å²) in [4.78, 5) is 10.7. The van der Waals surface area contributed by atoms with Crippen LogP contribution in [0.15, 0.2) is 24.4 Å². The van der Waals surface area contributed by atoms with Gasteiger partial charge in [0, 0.05) is 20.6 Å². The van der Waals surface area contributed by atoms with Gasteiger partial charge in [-0.1, -0.05) is 29.3 Å². The molecule has 1 aromatic carbocycles. The second-order valence-electron chi connectivity index (χ2n) is 5.02. The van der Waals surface area contributed by atoms with Gasteiger partial charge in [-0.3, -0.25) is 4.68 Å². The van der Waals surface area contributed by atoms with E-state index in [1.165, 1.54) is 0 Å². The molecule has 3 aromatic rings. The van der Waals surface area contributed by atoms with Crippen LogP contribution in [0.2, 0.25) is 10.0 Å². The zero-order valence-corrected chi connectivity index (χ0v) is 13.6. The molecular formula is C14H14Cl2N6. The van der Waals surface area contributed by atoms with Crippen molar-refractivity contribution in [2.24, 2.45) is 7.05 Å². The average Bonchev–Trinajstić information content (AvgIpc) is 2.85. The van der Waals surface area contributed by atoms with Crippen molar-refractivity contribution in [3.8, 4) is 0 Å². The van der Waals surface area contributed by atoms with Gasteiger partial charge in [0.15, 0.2) is 5.65 Å². The molecule has 0 radical (unpaired) electrons. The zero-order valence-electron chi connectivity index (χ0n) is 12.1. The Morgan fingerprint density at radius 1 is 1.23 bits per heavy atom. The van der Waals surface area contributed by atoms with Crippen LogP contribution >= 0.6 is 23.2 Å². The van der Waals surface area contributed by atoms with Gasteiger partial charge in [0.2, 0.25) is 5.95 Å². The van der Waals surface area contributed by atoms with E-state index in [1.54, 1.807) is 16.9 Å². The molecule has 0 amide bonds. The fraction of sp³-hybridized carbons (Fsp3) is 0.214. The third kappa shape index (κ3) is 2.67. The summed E-state index contributed by atoms with van der Waals surface area (Å²) in [5.41, 5.74) is 7.68. The predicted octanol–water partition coefficient (Wildman–Crippen LogP) is 2.89. The van der Waals surface area contributed by atoms with E-state index in [4.69, 9.17) is 28.9 Å². The van der Waals surface area contributed by atoms with Crippen LogP contribution in [-0.2, 0) is 13.6 Å². The maximum atomic E-state index is 6.04. The number of halogens is 2. The second kappa shape index (κ2) is 5.62. The first kappa shape index (κ1) is 14.9. The molecule has 2 heterocycles. The summed E-state index contributed by atoms with van der Waals surface area (Å²) in [5, 5.41) is 5.95. The monoisotopic (exact) mass is 336 g/mol. The predicted molar refractivity (Wildman–Crippen MR) is 89.3 cm³/mol. The summed E-state index contributed by atoms with van der Waals surface area (Å²) >= 11 is 12.0. The van der Waals surface area contributed by atoms with E-state index in [0.717, 1.165) is 10.9 Å². The maximum absolute atomic E-state index is 6.04. The van der Waals surface area contributed by atoms with Crippen LogP contribution in [-0.4, -0.2) is 26.8 Å². The molecule has 0 atom stereocenters. The van der Waals surface area contributed by atoms with Crippen LogP contribution in [0.25, 0.3) is 11.0 Å². The average molecular weight is 337 g/mol. The second-order valence-corrected chi connectivity index (χ2v) is 5.83. The van der Waals surface area contributed by atoms with Crippen molar-refractivity contribution < 1.29 is 0 Å². The standard InChI is InChI=1S/C14H14Cl2N6/c1-21(7-8-3-4-10(15)11(16)5-8)14-19-12(17)9-6-18-22(2)13(9)20-14/h3-6H,7H2,1-2H3,(H2,17,19,20). The van der Waals surface area contributed by atoms with E-state index >= 15 is 0 Å². The molecule has 22 heavy (non-hydrogen) atoms. The van der Waals surface area contributed by atoms with E-state index in [1.807, 2.05) is 31.1 Å². The minimum atomic E-state index is 0.411. The van der Waals surface area contributed by atoms with Crippen LogP contribution < -0.4 is 10.6 Å². The quantitative estimate of drug-likeness (QED) is 0.796. The Morgan fingerprint density at radius 3 is 2.73 bits per heavy atom. The van der Waals surface area contributed by atoms with Gasteiger partial charge in [0.1, 0.15) is 5.82 Å². The van der Waals surface area contributed by atoms with Gasteiger partial charge in [-0.2, -0.15) is 15.1 Å². The lowest BCUT2D eigenvalue weighted by Crippen LogP contribution is -2.20. The van der Waals surface area contributed by atoms with Gasteiger partial charge in [-0.05, 0) is 17.7 Å². The topological polar surface area (TPSA) is 72.9 Å². The molecule has 0 bridgehead atoms. The summed E-state index contributed by atoms with van der Waals surface area (Å²) in [7, 11) is 3.71. The Hall–Kier alpha value is -2.05. The lowest BCUT2D eigenvalue weighted by atomic mass is 10.2. The van der Waals surface area contributed by atoms with Crippen LogP contribution in [0.4, 0.5) is 11.8 Å². The normalized spacial score (nSPS) is 11.1. The van der Waals surface area contributed by atoms with Crippen LogP contribution in [0, 0.1) is 0 Å². The van der Waals surface area contributed by atoms with Gasteiger partial charge in [-0.25, -0.2) is 0 Å². The van der Waals surface area contributed by atoms with Gasteiger partial charge in [0.05, 0.1) is 21.6 Å². The third-order valence-electron chi connectivity index (χ3n) is 3.35. The first-order valence-electron chi connectivity index (χ1n) is 6.56. The smallest absolute Gasteiger partial charge is 0.229 e. The molecular weight excluding hydrogens is 323 g/mol. The van der Waals surface area contributed by atoms with Gasteiger partial charge >= 0.3 is 0 Å². The Kier molecular flexibility index (Phi) is 3.80. The number of hydrogen-bond donors (Lipinski definition) is 1. The molecule has 6 nitrogen and oxygen atoms in total. The number of aromatic nitrogens is 4. The number of nitrogens with two attached hydrogens (primary N) is 1. The molecule has 0 saturated heterocycles. The molecule has 0 spiro atoms. The van der Waals surface area contributed by atoms with E-state index < -0.39 is 0 Å². The fourth-order valence-corrected chi connectivity index (χ4v) is 2.51. The van der Waals surface area contributed by atoms with Crippen molar-refractivity contribution >= 4 is 46.0 Å². The van der Waals surface area contributed by atoms with Crippen LogP contribution in [0.3, 0.4) is 0 Å². The molecule has 3 rings (SSSR count).